The van der Waals surface area contributed by atoms with E-state index in [0.29, 0.717) is 43.5 Å². The van der Waals surface area contributed by atoms with E-state index in [9.17, 15) is 22.4 Å². The van der Waals surface area contributed by atoms with Gasteiger partial charge in [0.15, 0.2) is 0 Å². The van der Waals surface area contributed by atoms with Gasteiger partial charge in [0.05, 0.1) is 11.7 Å². The minimum absolute atomic E-state index is 0.0934. The van der Waals surface area contributed by atoms with Gasteiger partial charge in [-0.2, -0.15) is 13.2 Å². The number of nitrogens with zero attached hydrogens (tertiary/aromatic N) is 2. The van der Waals surface area contributed by atoms with Crippen LogP contribution in [0.1, 0.15) is 50.5 Å². The molecule has 1 aliphatic heterocycles. The highest BCUT2D eigenvalue weighted by atomic mass is 19.4. The molecule has 1 heterocycles. The number of halogens is 4. The number of rotatable bonds is 9. The maximum atomic E-state index is 13.6. The van der Waals surface area contributed by atoms with E-state index in [-0.39, 0.29) is 12.0 Å². The Hall–Kier alpha value is -1.87. The number of amides is 1. The molecule has 1 saturated carbocycles. The van der Waals surface area contributed by atoms with E-state index >= 15 is 0 Å². The summed E-state index contributed by atoms with van der Waals surface area (Å²) in [7, 11) is 1.70. The van der Waals surface area contributed by atoms with Crippen molar-refractivity contribution in [2.45, 2.75) is 57.2 Å². The summed E-state index contributed by atoms with van der Waals surface area (Å²) in [5, 5.41) is 0. The van der Waals surface area contributed by atoms with Crippen LogP contribution in [0, 0.1) is 17.7 Å². The Bertz CT molecular complexity index is 773. The van der Waals surface area contributed by atoms with E-state index in [1.54, 1.807) is 7.11 Å². The maximum Gasteiger partial charge on any atom is 0.419 e. The number of alkyl halides is 3. The summed E-state index contributed by atoms with van der Waals surface area (Å²) in [4.78, 5) is 15.3. The predicted molar refractivity (Wildman–Crippen MR) is 119 cm³/mol. The molecule has 9 heteroatoms. The molecule has 2 N–H and O–H groups in total. The fraction of sp³-hybridized carbons (Fsp3) is 0.708. The van der Waals surface area contributed by atoms with Crippen LogP contribution in [-0.4, -0.2) is 56.7 Å². The molecule has 186 valence electrons. The molecule has 2 fully saturated rings. The van der Waals surface area contributed by atoms with Crippen molar-refractivity contribution in [1.82, 2.24) is 4.90 Å². The number of benzene rings is 1. The first-order chi connectivity index (χ1) is 15.7. The largest absolute Gasteiger partial charge is 0.419 e. The Balaban J connectivity index is 1.40. The highest BCUT2D eigenvalue weighted by Crippen LogP contribution is 2.36. The molecule has 0 bridgehead atoms. The number of primary amides is 1. The van der Waals surface area contributed by atoms with E-state index in [1.807, 2.05) is 4.90 Å². The standard InChI is InChI=1S/C24H35F4N3O2/c1-33-22(8-9-23(29)32)18-4-2-17(3-5-18)10-11-30-12-14-31(15-13-30)19-6-7-21(25)20(16-19)24(26,27)28/h6-7,16-18,22H,2-5,8-15H2,1H3,(H2,29,32). The van der Waals surface area contributed by atoms with Crippen molar-refractivity contribution >= 4 is 11.6 Å². The lowest BCUT2D eigenvalue weighted by Gasteiger charge is -2.38. The molecule has 1 aliphatic carbocycles. The SMILES string of the molecule is COC(CCC(N)=O)C1CCC(CCN2CCN(c3ccc(F)c(C(F)(F)F)c3)CC2)CC1. The fourth-order valence-electron chi connectivity index (χ4n) is 5.20. The third kappa shape index (κ3) is 7.30. The Morgan fingerprint density at radius 2 is 1.82 bits per heavy atom. The van der Waals surface area contributed by atoms with Crippen molar-refractivity contribution in [3.63, 3.8) is 0 Å². The molecule has 0 aromatic heterocycles. The van der Waals surface area contributed by atoms with E-state index in [1.165, 1.54) is 6.07 Å². The Kier molecular flexibility index (Phi) is 8.98. The van der Waals surface area contributed by atoms with Crippen LogP contribution in [0.2, 0.25) is 0 Å². The van der Waals surface area contributed by atoms with Crippen LogP contribution in [-0.2, 0) is 15.7 Å². The summed E-state index contributed by atoms with van der Waals surface area (Å²) in [6, 6.07) is 3.25. The van der Waals surface area contributed by atoms with Crippen molar-refractivity contribution in [2.24, 2.45) is 17.6 Å². The maximum absolute atomic E-state index is 13.6. The highest BCUT2D eigenvalue weighted by Gasteiger charge is 2.35. The first-order valence-corrected chi connectivity index (χ1v) is 11.8. The van der Waals surface area contributed by atoms with Gasteiger partial charge in [0, 0.05) is 45.4 Å². The Morgan fingerprint density at radius 1 is 1.15 bits per heavy atom. The van der Waals surface area contributed by atoms with Gasteiger partial charge in [-0.3, -0.25) is 9.69 Å². The number of hydrogen-bond acceptors (Lipinski definition) is 4. The third-order valence-electron chi connectivity index (χ3n) is 7.24. The summed E-state index contributed by atoms with van der Waals surface area (Å²) in [5.41, 5.74) is 4.48. The van der Waals surface area contributed by atoms with Crippen molar-refractivity contribution in [3.05, 3.63) is 29.6 Å². The molecule has 2 aliphatic rings. The molecule has 3 rings (SSSR count). The van der Waals surface area contributed by atoms with Crippen LogP contribution in [0.25, 0.3) is 0 Å². The second-order valence-electron chi connectivity index (χ2n) is 9.34. The lowest BCUT2D eigenvalue weighted by Crippen LogP contribution is -2.47. The number of ether oxygens (including phenoxy) is 1. The molecule has 1 aromatic rings. The zero-order valence-corrected chi connectivity index (χ0v) is 19.2. The van der Waals surface area contributed by atoms with E-state index in [4.69, 9.17) is 10.5 Å². The Labute approximate surface area is 193 Å². The minimum Gasteiger partial charge on any atom is -0.381 e. The van der Waals surface area contributed by atoms with E-state index < -0.39 is 17.6 Å². The predicted octanol–water partition coefficient (Wildman–Crippen LogP) is 4.44. The molecule has 1 amide bonds. The summed E-state index contributed by atoms with van der Waals surface area (Å²) in [6.45, 7) is 3.81. The lowest BCUT2D eigenvalue weighted by molar-refractivity contribution is -0.140. The number of carbonyl (C=O) groups is 1. The van der Waals surface area contributed by atoms with Gasteiger partial charge in [0.25, 0.3) is 0 Å². The second kappa shape index (κ2) is 11.5. The molecule has 33 heavy (non-hydrogen) atoms. The lowest BCUT2D eigenvalue weighted by atomic mass is 9.77. The summed E-state index contributed by atoms with van der Waals surface area (Å²) >= 11 is 0. The van der Waals surface area contributed by atoms with Gasteiger partial charge in [-0.05, 0) is 62.3 Å². The molecule has 1 aromatic carbocycles. The van der Waals surface area contributed by atoms with Crippen LogP contribution in [0.15, 0.2) is 18.2 Å². The third-order valence-corrected chi connectivity index (χ3v) is 7.24. The van der Waals surface area contributed by atoms with Gasteiger partial charge in [-0.15, -0.1) is 0 Å². The van der Waals surface area contributed by atoms with Crippen molar-refractivity contribution in [3.8, 4) is 0 Å². The van der Waals surface area contributed by atoms with Gasteiger partial charge >= 0.3 is 6.18 Å². The van der Waals surface area contributed by atoms with Crippen LogP contribution >= 0.6 is 0 Å². The van der Waals surface area contributed by atoms with Gasteiger partial charge in [-0.1, -0.05) is 12.8 Å². The van der Waals surface area contributed by atoms with Gasteiger partial charge < -0.3 is 15.4 Å². The first-order valence-electron chi connectivity index (χ1n) is 11.8. The second-order valence-corrected chi connectivity index (χ2v) is 9.34. The molecule has 1 atom stereocenters. The number of anilines is 1. The van der Waals surface area contributed by atoms with Gasteiger partial charge in [-0.25, -0.2) is 4.39 Å². The van der Waals surface area contributed by atoms with E-state index in [2.05, 4.69) is 4.90 Å². The van der Waals surface area contributed by atoms with Gasteiger partial charge in [0.2, 0.25) is 5.91 Å². The number of nitrogens with two attached hydrogens (primary N) is 1. The number of piperazine rings is 1. The van der Waals surface area contributed by atoms with Gasteiger partial charge in [0.1, 0.15) is 5.82 Å². The van der Waals surface area contributed by atoms with Crippen molar-refractivity contribution in [2.75, 3.05) is 44.7 Å². The summed E-state index contributed by atoms with van der Waals surface area (Å²) in [5.74, 6) is -0.374. The smallest absolute Gasteiger partial charge is 0.381 e. The highest BCUT2D eigenvalue weighted by molar-refractivity contribution is 5.73. The van der Waals surface area contributed by atoms with E-state index in [0.717, 1.165) is 63.9 Å². The molecular formula is C24H35F4N3O2. The molecule has 0 radical (unpaired) electrons. The van der Waals surface area contributed by atoms with Crippen LogP contribution in [0.3, 0.4) is 0 Å². The number of hydrogen-bond donors (Lipinski definition) is 1. The topological polar surface area (TPSA) is 58.8 Å². The monoisotopic (exact) mass is 473 g/mol. The average molecular weight is 474 g/mol. The summed E-state index contributed by atoms with van der Waals surface area (Å²) < 4.78 is 58.2. The summed E-state index contributed by atoms with van der Waals surface area (Å²) in [6.07, 6.45) is 2.06. The quantitative estimate of drug-likeness (QED) is 0.539. The first kappa shape index (κ1) is 25.7. The molecule has 0 spiro atoms. The average Bonchev–Trinajstić information content (AvgIpc) is 2.78. The molecular weight excluding hydrogens is 438 g/mol. The van der Waals surface area contributed by atoms with Crippen molar-refractivity contribution < 1.29 is 27.1 Å². The molecule has 5 nitrogen and oxygen atoms in total. The fourth-order valence-corrected chi connectivity index (χ4v) is 5.20. The normalized spacial score (nSPS) is 23.5. The number of carbonyl (C=O) groups excluding carboxylic acids is 1. The number of methoxy groups -OCH3 is 1. The van der Waals surface area contributed by atoms with Crippen LogP contribution in [0.4, 0.5) is 23.2 Å². The van der Waals surface area contributed by atoms with Crippen LogP contribution in [0.5, 0.6) is 0 Å². The minimum atomic E-state index is -4.69. The Morgan fingerprint density at radius 3 is 2.39 bits per heavy atom. The zero-order valence-electron chi connectivity index (χ0n) is 19.2. The molecule has 1 saturated heterocycles. The molecule has 1 unspecified atom stereocenters. The zero-order chi connectivity index (χ0) is 24.0. The van der Waals surface area contributed by atoms with Crippen molar-refractivity contribution in [1.29, 1.82) is 0 Å². The van der Waals surface area contributed by atoms with Crippen LogP contribution < -0.4 is 10.6 Å².